The number of halogens is 1. The fourth-order valence-corrected chi connectivity index (χ4v) is 3.86. The predicted octanol–water partition coefficient (Wildman–Crippen LogP) is 2.80. The van der Waals surface area contributed by atoms with Crippen molar-refractivity contribution in [3.8, 4) is 5.75 Å². The topological polar surface area (TPSA) is 131 Å². The molecule has 4 N–H and O–H groups in total. The Balaban J connectivity index is 1.93. The smallest absolute Gasteiger partial charge is 0.323 e. The first kappa shape index (κ1) is 23.7. The van der Waals surface area contributed by atoms with E-state index in [0.717, 1.165) is 28.1 Å². The molecule has 3 heterocycles. The Kier molecular flexibility index (Phi) is 7.20. The number of nitrogens with zero attached hydrogens (tertiary/aromatic N) is 4. The van der Waals surface area contributed by atoms with E-state index in [1.807, 2.05) is 38.5 Å². The molecule has 0 aliphatic heterocycles. The zero-order valence-corrected chi connectivity index (χ0v) is 19.7. The van der Waals surface area contributed by atoms with Crippen LogP contribution in [0, 0.1) is 19.8 Å². The molecule has 1 atom stereocenters. The van der Waals surface area contributed by atoms with Gasteiger partial charge in [0.05, 0.1) is 31.3 Å². The summed E-state index contributed by atoms with van der Waals surface area (Å²) in [7, 11) is 1.64. The van der Waals surface area contributed by atoms with E-state index in [1.54, 1.807) is 13.3 Å². The third kappa shape index (κ3) is 4.78. The van der Waals surface area contributed by atoms with Crippen molar-refractivity contribution in [1.29, 1.82) is 0 Å². The summed E-state index contributed by atoms with van der Waals surface area (Å²) in [6, 6.07) is -0.659. The molecular formula is C22H29ClN6O3. The number of esters is 1. The molecule has 0 spiro atoms. The van der Waals surface area contributed by atoms with Crippen molar-refractivity contribution >= 4 is 34.6 Å². The summed E-state index contributed by atoms with van der Waals surface area (Å²) < 4.78 is 12.8. The Labute approximate surface area is 192 Å². The number of carbonyl (C=O) groups is 1. The lowest BCUT2D eigenvalue weighted by molar-refractivity contribution is -0.146. The third-order valence-electron chi connectivity index (χ3n) is 5.44. The molecular weight excluding hydrogens is 432 g/mol. The first-order chi connectivity index (χ1) is 15.1. The molecule has 172 valence electrons. The summed E-state index contributed by atoms with van der Waals surface area (Å²) in [5, 5.41) is 0.916. The lowest BCUT2D eigenvalue weighted by Crippen LogP contribution is -2.37. The van der Waals surface area contributed by atoms with Gasteiger partial charge in [0.15, 0.2) is 0 Å². The number of aromatic nitrogens is 4. The van der Waals surface area contributed by atoms with Crippen molar-refractivity contribution in [2.45, 2.75) is 46.7 Å². The minimum Gasteiger partial charge on any atom is -0.496 e. The van der Waals surface area contributed by atoms with E-state index in [9.17, 15) is 4.79 Å². The van der Waals surface area contributed by atoms with Gasteiger partial charge in [-0.15, -0.1) is 0 Å². The van der Waals surface area contributed by atoms with Gasteiger partial charge in [0.1, 0.15) is 22.6 Å². The average Bonchev–Trinajstić information content (AvgIpc) is 3.07. The summed E-state index contributed by atoms with van der Waals surface area (Å²) in [6.07, 6.45) is 4.12. The zero-order valence-electron chi connectivity index (χ0n) is 19.0. The van der Waals surface area contributed by atoms with Crippen LogP contribution in [0.3, 0.4) is 0 Å². The lowest BCUT2D eigenvalue weighted by atomic mass is 10.1. The van der Waals surface area contributed by atoms with Crippen LogP contribution in [0.1, 0.15) is 36.2 Å². The molecule has 0 aromatic carbocycles. The maximum atomic E-state index is 12.1. The van der Waals surface area contributed by atoms with E-state index < -0.39 is 12.0 Å². The number of methoxy groups -OCH3 is 1. The molecule has 0 aliphatic rings. The Morgan fingerprint density at radius 1 is 1.28 bits per heavy atom. The van der Waals surface area contributed by atoms with Crippen molar-refractivity contribution in [3.63, 3.8) is 0 Å². The van der Waals surface area contributed by atoms with Crippen LogP contribution >= 0.6 is 11.6 Å². The highest BCUT2D eigenvalue weighted by molar-refractivity contribution is 6.34. The zero-order chi connectivity index (χ0) is 23.6. The van der Waals surface area contributed by atoms with Gasteiger partial charge in [0, 0.05) is 29.9 Å². The molecule has 0 bridgehead atoms. The number of anilines is 1. The predicted molar refractivity (Wildman–Crippen MR) is 124 cm³/mol. The van der Waals surface area contributed by atoms with Gasteiger partial charge >= 0.3 is 5.97 Å². The largest absolute Gasteiger partial charge is 0.496 e. The lowest BCUT2D eigenvalue weighted by Gasteiger charge is -2.14. The Hall–Kier alpha value is -2.91. The number of pyridine rings is 1. The molecule has 0 saturated heterocycles. The quantitative estimate of drug-likeness (QED) is 0.387. The monoisotopic (exact) mass is 460 g/mol. The number of carbonyl (C=O) groups excluding carboxylic acids is 1. The second kappa shape index (κ2) is 9.70. The number of rotatable bonds is 8. The first-order valence-corrected chi connectivity index (χ1v) is 10.7. The van der Waals surface area contributed by atoms with Crippen molar-refractivity contribution in [3.05, 3.63) is 39.9 Å². The van der Waals surface area contributed by atoms with Crippen LogP contribution in [0.2, 0.25) is 5.15 Å². The number of fused-ring (bicyclic) bond motifs is 1. The second-order valence-electron chi connectivity index (χ2n) is 8.09. The number of nitrogen functional groups attached to an aromatic ring is 1. The van der Waals surface area contributed by atoms with Gasteiger partial charge in [0.25, 0.3) is 0 Å². The molecule has 0 unspecified atom stereocenters. The normalized spacial score (nSPS) is 12.4. The van der Waals surface area contributed by atoms with E-state index in [2.05, 4.69) is 15.0 Å². The second-order valence-corrected chi connectivity index (χ2v) is 8.44. The van der Waals surface area contributed by atoms with Crippen LogP contribution < -0.4 is 16.2 Å². The van der Waals surface area contributed by atoms with Crippen molar-refractivity contribution in [1.82, 2.24) is 19.5 Å². The molecule has 3 rings (SSSR count). The maximum Gasteiger partial charge on any atom is 0.323 e. The van der Waals surface area contributed by atoms with E-state index in [-0.39, 0.29) is 23.6 Å². The van der Waals surface area contributed by atoms with Crippen molar-refractivity contribution < 1.29 is 14.3 Å². The fraction of sp³-hybridized carbons (Fsp3) is 0.455. The number of hydrogen-bond acceptors (Lipinski definition) is 8. The van der Waals surface area contributed by atoms with E-state index >= 15 is 0 Å². The standard InChI is InChI=1S/C22H29ClN6O3/c1-11(2)17(24)21(30)32-7-6-14-9-29(20-16(14)19(23)27-22(25)28-20)10-15-13(4)18(31-5)12(3)8-26-15/h8-9,11,17H,6-7,10,24H2,1-5H3,(H2,25,27,28)/t17-/m1/s1. The van der Waals surface area contributed by atoms with Gasteiger partial charge in [-0.05, 0) is 25.3 Å². The van der Waals surface area contributed by atoms with Crippen molar-refractivity contribution in [2.24, 2.45) is 11.7 Å². The van der Waals surface area contributed by atoms with Gasteiger partial charge in [0.2, 0.25) is 5.95 Å². The molecule has 0 saturated carbocycles. The van der Waals surface area contributed by atoms with Crippen LogP contribution in [0.25, 0.3) is 11.0 Å². The van der Waals surface area contributed by atoms with Crippen molar-refractivity contribution in [2.75, 3.05) is 19.5 Å². The Morgan fingerprint density at radius 3 is 2.66 bits per heavy atom. The van der Waals surface area contributed by atoms with Gasteiger partial charge in [-0.3, -0.25) is 9.78 Å². The Morgan fingerprint density at radius 2 is 2.00 bits per heavy atom. The molecule has 3 aromatic rings. The third-order valence-corrected chi connectivity index (χ3v) is 5.72. The summed E-state index contributed by atoms with van der Waals surface area (Å²) >= 11 is 6.41. The average molecular weight is 461 g/mol. The minimum absolute atomic E-state index is 0.00234. The summed E-state index contributed by atoms with van der Waals surface area (Å²) in [5.41, 5.74) is 15.9. The van der Waals surface area contributed by atoms with E-state index in [0.29, 0.717) is 24.0 Å². The van der Waals surface area contributed by atoms with E-state index in [1.165, 1.54) is 0 Å². The molecule has 10 heteroatoms. The summed E-state index contributed by atoms with van der Waals surface area (Å²) in [4.78, 5) is 25.1. The first-order valence-electron chi connectivity index (χ1n) is 10.4. The highest BCUT2D eigenvalue weighted by Gasteiger charge is 2.21. The molecule has 0 aliphatic carbocycles. The number of ether oxygens (including phenoxy) is 2. The van der Waals surface area contributed by atoms with Crippen LogP contribution in [-0.2, 0) is 22.5 Å². The minimum atomic E-state index is -0.659. The molecule has 9 nitrogen and oxygen atoms in total. The van der Waals surface area contributed by atoms with E-state index in [4.69, 9.17) is 32.5 Å². The Bertz CT molecular complexity index is 1140. The summed E-state index contributed by atoms with van der Waals surface area (Å²) in [6.45, 7) is 8.26. The molecule has 32 heavy (non-hydrogen) atoms. The number of hydrogen-bond donors (Lipinski definition) is 2. The van der Waals surface area contributed by atoms with Crippen LogP contribution in [0.15, 0.2) is 12.4 Å². The SMILES string of the molecule is COc1c(C)cnc(Cn2cc(CCOC(=O)[C@H](N)C(C)C)c3c(Cl)nc(N)nc32)c1C. The number of aryl methyl sites for hydroxylation is 1. The fourth-order valence-electron chi connectivity index (χ4n) is 3.57. The molecule has 0 fully saturated rings. The molecule has 3 aromatic heterocycles. The number of nitrogens with two attached hydrogens (primary N) is 2. The summed E-state index contributed by atoms with van der Waals surface area (Å²) in [5.74, 6) is 0.445. The van der Waals surface area contributed by atoms with Gasteiger partial charge in [-0.1, -0.05) is 25.4 Å². The van der Waals surface area contributed by atoms with Crippen LogP contribution in [-0.4, -0.2) is 45.2 Å². The van der Waals surface area contributed by atoms with Crippen LogP contribution in [0.5, 0.6) is 5.75 Å². The highest BCUT2D eigenvalue weighted by Crippen LogP contribution is 2.30. The molecule has 0 amide bonds. The molecule has 0 radical (unpaired) electrons. The van der Waals surface area contributed by atoms with Crippen LogP contribution in [0.4, 0.5) is 5.95 Å². The highest BCUT2D eigenvalue weighted by atomic mass is 35.5. The van der Waals surface area contributed by atoms with Gasteiger partial charge in [-0.2, -0.15) is 4.98 Å². The maximum absolute atomic E-state index is 12.1. The van der Waals surface area contributed by atoms with Gasteiger partial charge in [-0.25, -0.2) is 4.98 Å². The van der Waals surface area contributed by atoms with Gasteiger partial charge < -0.3 is 25.5 Å².